The minimum Gasteiger partial charge on any atom is -0.465 e. The summed E-state index contributed by atoms with van der Waals surface area (Å²) in [6.07, 6.45) is 1.68. The third-order valence-corrected chi connectivity index (χ3v) is 6.35. The molecule has 0 atom stereocenters. The molecule has 1 aliphatic rings. The topological polar surface area (TPSA) is 72.1 Å². The number of methoxy groups -OCH3 is 1. The number of aliphatic imine (C=N–C) groups is 1. The van der Waals surface area contributed by atoms with Gasteiger partial charge in [0.15, 0.2) is 5.17 Å². The molecule has 9 heteroatoms. The van der Waals surface area contributed by atoms with E-state index in [2.05, 4.69) is 4.99 Å². The number of rotatable bonds is 5. The van der Waals surface area contributed by atoms with Crippen molar-refractivity contribution in [1.29, 1.82) is 0 Å². The van der Waals surface area contributed by atoms with Crippen LogP contribution in [0, 0.1) is 0 Å². The SMILES string of the molecule is CCN1C(=O)C(=Cc2ccc(-c3ccc(Cl)cc3Cl)o2)SC1=Nc1cccc(C(=O)OC)c1. The molecule has 168 valence electrons. The maximum absolute atomic E-state index is 12.9. The largest absolute Gasteiger partial charge is 0.465 e. The number of carbonyl (C=O) groups is 2. The summed E-state index contributed by atoms with van der Waals surface area (Å²) in [5, 5.41) is 1.53. The maximum Gasteiger partial charge on any atom is 0.337 e. The highest BCUT2D eigenvalue weighted by Crippen LogP contribution is 2.36. The smallest absolute Gasteiger partial charge is 0.337 e. The van der Waals surface area contributed by atoms with Gasteiger partial charge in [-0.25, -0.2) is 9.79 Å². The van der Waals surface area contributed by atoms with E-state index in [0.29, 0.717) is 55.0 Å². The first kappa shape index (κ1) is 23.2. The monoisotopic (exact) mass is 500 g/mol. The van der Waals surface area contributed by atoms with Crippen molar-refractivity contribution in [1.82, 2.24) is 4.90 Å². The van der Waals surface area contributed by atoms with E-state index in [1.165, 1.54) is 18.9 Å². The molecule has 1 amide bonds. The molecule has 0 saturated carbocycles. The normalized spacial score (nSPS) is 16.1. The molecule has 0 unspecified atom stereocenters. The number of furan rings is 1. The molecule has 1 aliphatic heterocycles. The molecule has 3 aromatic rings. The molecule has 0 spiro atoms. The van der Waals surface area contributed by atoms with Gasteiger partial charge in [-0.15, -0.1) is 0 Å². The molecule has 1 fully saturated rings. The molecule has 0 radical (unpaired) electrons. The number of amides is 1. The fourth-order valence-electron chi connectivity index (χ4n) is 3.19. The molecule has 6 nitrogen and oxygen atoms in total. The first-order valence-electron chi connectivity index (χ1n) is 9.93. The molecule has 4 rings (SSSR count). The van der Waals surface area contributed by atoms with Crippen LogP contribution in [0.1, 0.15) is 23.0 Å². The van der Waals surface area contributed by atoms with E-state index in [4.69, 9.17) is 32.4 Å². The third kappa shape index (κ3) is 5.00. The lowest BCUT2D eigenvalue weighted by atomic mass is 10.2. The first-order chi connectivity index (χ1) is 15.9. The Bertz CT molecular complexity index is 1300. The minimum atomic E-state index is -0.449. The lowest BCUT2D eigenvalue weighted by Crippen LogP contribution is -2.28. The van der Waals surface area contributed by atoms with Crippen molar-refractivity contribution in [3.05, 3.63) is 80.9 Å². The van der Waals surface area contributed by atoms with Gasteiger partial charge >= 0.3 is 5.97 Å². The third-order valence-electron chi connectivity index (χ3n) is 4.79. The standard InChI is InChI=1S/C24H18Cl2N2O4S/c1-3-28-22(29)21(33-24(28)27-16-6-4-5-14(11-16)23(30)31-2)13-17-8-10-20(32-17)18-9-7-15(25)12-19(18)26/h4-13H,3H2,1-2H3. The molecular formula is C24H18Cl2N2O4S. The summed E-state index contributed by atoms with van der Waals surface area (Å²) >= 11 is 13.5. The average Bonchev–Trinajstić information content (AvgIpc) is 3.37. The summed E-state index contributed by atoms with van der Waals surface area (Å²) in [4.78, 5) is 31.4. The summed E-state index contributed by atoms with van der Waals surface area (Å²) < 4.78 is 10.7. The van der Waals surface area contributed by atoms with Gasteiger partial charge in [0.2, 0.25) is 0 Å². The molecule has 0 aliphatic carbocycles. The van der Waals surface area contributed by atoms with Crippen LogP contribution < -0.4 is 0 Å². The predicted molar refractivity (Wildman–Crippen MR) is 132 cm³/mol. The zero-order chi connectivity index (χ0) is 23.5. The van der Waals surface area contributed by atoms with Gasteiger partial charge in [0.1, 0.15) is 11.5 Å². The van der Waals surface area contributed by atoms with Crippen LogP contribution in [0.15, 0.2) is 68.9 Å². The Labute approximate surface area is 204 Å². The molecule has 1 aromatic heterocycles. The molecule has 0 bridgehead atoms. The van der Waals surface area contributed by atoms with Crippen molar-refractivity contribution < 1.29 is 18.7 Å². The van der Waals surface area contributed by atoms with Gasteiger partial charge in [-0.05, 0) is 67.2 Å². The van der Waals surface area contributed by atoms with Crippen LogP contribution in [0.4, 0.5) is 5.69 Å². The summed E-state index contributed by atoms with van der Waals surface area (Å²) in [6, 6.07) is 15.5. The minimum absolute atomic E-state index is 0.173. The van der Waals surface area contributed by atoms with Crippen LogP contribution in [0.3, 0.4) is 0 Å². The highest BCUT2D eigenvalue weighted by molar-refractivity contribution is 8.18. The Morgan fingerprint density at radius 2 is 2.00 bits per heavy atom. The zero-order valence-corrected chi connectivity index (χ0v) is 20.0. The van der Waals surface area contributed by atoms with E-state index in [0.717, 1.165) is 0 Å². The van der Waals surface area contributed by atoms with Crippen molar-refractivity contribution in [2.75, 3.05) is 13.7 Å². The Morgan fingerprint density at radius 1 is 1.18 bits per heavy atom. The fraction of sp³-hybridized carbons (Fsp3) is 0.125. The zero-order valence-electron chi connectivity index (χ0n) is 17.7. The van der Waals surface area contributed by atoms with E-state index < -0.39 is 5.97 Å². The van der Waals surface area contributed by atoms with Crippen LogP contribution in [0.2, 0.25) is 10.0 Å². The summed E-state index contributed by atoms with van der Waals surface area (Å²) in [7, 11) is 1.32. The number of likely N-dealkylation sites (N-methyl/N-ethyl adjacent to an activating group) is 1. The lowest BCUT2D eigenvalue weighted by molar-refractivity contribution is -0.122. The summed E-state index contributed by atoms with van der Waals surface area (Å²) in [5.41, 5.74) is 1.64. The van der Waals surface area contributed by atoms with Crippen molar-refractivity contribution in [3.8, 4) is 11.3 Å². The number of esters is 1. The van der Waals surface area contributed by atoms with Gasteiger partial charge in [0.25, 0.3) is 5.91 Å². The summed E-state index contributed by atoms with van der Waals surface area (Å²) in [5.74, 6) is 0.457. The van der Waals surface area contributed by atoms with E-state index in [1.54, 1.807) is 65.6 Å². The van der Waals surface area contributed by atoms with Gasteiger partial charge in [-0.2, -0.15) is 0 Å². The second kappa shape index (κ2) is 9.87. The van der Waals surface area contributed by atoms with Crippen molar-refractivity contribution in [2.24, 2.45) is 4.99 Å². The highest BCUT2D eigenvalue weighted by atomic mass is 35.5. The number of amidine groups is 1. The van der Waals surface area contributed by atoms with Gasteiger partial charge in [0, 0.05) is 23.2 Å². The molecular weight excluding hydrogens is 483 g/mol. The average molecular weight is 501 g/mol. The second-order valence-corrected chi connectivity index (χ2v) is 8.78. The van der Waals surface area contributed by atoms with E-state index in [-0.39, 0.29) is 5.91 Å². The summed E-state index contributed by atoms with van der Waals surface area (Å²) in [6.45, 7) is 2.32. The Kier molecular flexibility index (Phi) is 6.93. The molecule has 1 saturated heterocycles. The number of nitrogens with zero attached hydrogens (tertiary/aromatic N) is 2. The van der Waals surface area contributed by atoms with Crippen LogP contribution in [-0.4, -0.2) is 35.6 Å². The number of benzene rings is 2. The molecule has 2 aromatic carbocycles. The van der Waals surface area contributed by atoms with Crippen LogP contribution in [-0.2, 0) is 9.53 Å². The van der Waals surface area contributed by atoms with E-state index >= 15 is 0 Å². The number of carbonyl (C=O) groups excluding carboxylic acids is 2. The lowest BCUT2D eigenvalue weighted by Gasteiger charge is -2.12. The number of hydrogen-bond acceptors (Lipinski definition) is 6. The van der Waals surface area contributed by atoms with Crippen LogP contribution >= 0.6 is 35.0 Å². The number of thioether (sulfide) groups is 1. The van der Waals surface area contributed by atoms with Crippen molar-refractivity contribution >= 4 is 63.8 Å². The molecule has 0 N–H and O–H groups in total. The fourth-order valence-corrected chi connectivity index (χ4v) is 4.74. The molecule has 2 heterocycles. The van der Waals surface area contributed by atoms with Gasteiger partial charge in [0.05, 0.1) is 28.3 Å². The number of halogens is 2. The van der Waals surface area contributed by atoms with Crippen molar-refractivity contribution in [2.45, 2.75) is 6.92 Å². The number of hydrogen-bond donors (Lipinski definition) is 0. The highest BCUT2D eigenvalue weighted by Gasteiger charge is 2.32. The van der Waals surface area contributed by atoms with Gasteiger partial charge in [-0.3, -0.25) is 9.69 Å². The quantitative estimate of drug-likeness (QED) is 0.289. The van der Waals surface area contributed by atoms with Gasteiger partial charge < -0.3 is 9.15 Å². The Hall–Kier alpha value is -3.00. The van der Waals surface area contributed by atoms with Crippen molar-refractivity contribution in [3.63, 3.8) is 0 Å². The Balaban J connectivity index is 1.62. The van der Waals surface area contributed by atoms with E-state index in [1.807, 2.05) is 6.92 Å². The predicted octanol–water partition coefficient (Wildman–Crippen LogP) is 6.66. The molecule has 33 heavy (non-hydrogen) atoms. The van der Waals surface area contributed by atoms with Gasteiger partial charge in [-0.1, -0.05) is 29.3 Å². The number of ether oxygens (including phenoxy) is 1. The second-order valence-electron chi connectivity index (χ2n) is 6.92. The van der Waals surface area contributed by atoms with Crippen LogP contribution in [0.5, 0.6) is 0 Å². The van der Waals surface area contributed by atoms with Crippen LogP contribution in [0.25, 0.3) is 17.4 Å². The Morgan fingerprint density at radius 3 is 2.73 bits per heavy atom. The first-order valence-corrected chi connectivity index (χ1v) is 11.5. The maximum atomic E-state index is 12.9. The van der Waals surface area contributed by atoms with E-state index in [9.17, 15) is 9.59 Å².